The number of aromatic nitrogens is 3. The zero-order valence-electron chi connectivity index (χ0n) is 23.1. The predicted molar refractivity (Wildman–Crippen MR) is 149 cm³/mol. The van der Waals surface area contributed by atoms with Gasteiger partial charge in [-0.15, -0.1) is 0 Å². The van der Waals surface area contributed by atoms with E-state index in [1.807, 2.05) is 55.5 Å². The number of nitrogen functional groups attached to an aromatic ring is 1. The number of hydrogen-bond acceptors (Lipinski definition) is 11. The fourth-order valence-electron chi connectivity index (χ4n) is 5.29. The van der Waals surface area contributed by atoms with Crippen LogP contribution in [-0.2, 0) is 19.0 Å². The molecule has 1 aromatic heterocycles. The number of rotatable bonds is 9. The third kappa shape index (κ3) is 5.71. The second-order valence-corrected chi connectivity index (χ2v) is 10.4. The number of anilines is 1. The van der Waals surface area contributed by atoms with Gasteiger partial charge in [0.25, 0.3) is 0 Å². The van der Waals surface area contributed by atoms with Gasteiger partial charge in [0.05, 0.1) is 6.20 Å². The fourth-order valence-corrected chi connectivity index (χ4v) is 5.29. The van der Waals surface area contributed by atoms with E-state index >= 15 is 0 Å². The number of carbonyl (C=O) groups excluding carboxylic acids is 2. The SMILES string of the molecule is CC[C@H](C)[C@H](NC(=O)OCC1c2ccccc2-c2ccccc21)C(=O)OC[C@H]1O[C@@H](n2ncc(N)nc2=O)[C@@H](O)C1O. The molecule has 1 aliphatic carbocycles. The highest BCUT2D eigenvalue weighted by molar-refractivity contribution is 5.82. The Morgan fingerprint density at radius 2 is 1.69 bits per heavy atom. The van der Waals surface area contributed by atoms with Gasteiger partial charge in [0.2, 0.25) is 0 Å². The number of aliphatic hydroxyl groups excluding tert-OH is 2. The third-order valence-corrected chi connectivity index (χ3v) is 7.79. The van der Waals surface area contributed by atoms with Gasteiger partial charge >= 0.3 is 17.8 Å². The molecule has 42 heavy (non-hydrogen) atoms. The van der Waals surface area contributed by atoms with E-state index < -0.39 is 54.9 Å². The summed E-state index contributed by atoms with van der Waals surface area (Å²) in [7, 11) is 0. The fraction of sp³-hybridized carbons (Fsp3) is 0.414. The van der Waals surface area contributed by atoms with Crippen LogP contribution in [0, 0.1) is 5.92 Å². The molecular weight excluding hydrogens is 546 g/mol. The maximum Gasteiger partial charge on any atom is 0.407 e. The van der Waals surface area contributed by atoms with Crippen molar-refractivity contribution in [1.29, 1.82) is 0 Å². The van der Waals surface area contributed by atoms with Gasteiger partial charge in [-0.25, -0.2) is 14.4 Å². The number of amides is 1. The van der Waals surface area contributed by atoms with Crippen LogP contribution in [0.3, 0.4) is 0 Å². The number of ether oxygens (including phenoxy) is 3. The van der Waals surface area contributed by atoms with Gasteiger partial charge in [-0.3, -0.25) is 0 Å². The van der Waals surface area contributed by atoms with Gasteiger partial charge in [-0.05, 0) is 28.2 Å². The number of benzene rings is 2. The van der Waals surface area contributed by atoms with E-state index in [0.29, 0.717) is 6.42 Å². The minimum Gasteiger partial charge on any atom is -0.461 e. The van der Waals surface area contributed by atoms with Crippen LogP contribution in [0.4, 0.5) is 10.6 Å². The number of nitrogens with two attached hydrogens (primary N) is 1. The smallest absolute Gasteiger partial charge is 0.407 e. The Morgan fingerprint density at radius 3 is 2.31 bits per heavy atom. The zero-order valence-corrected chi connectivity index (χ0v) is 23.1. The van der Waals surface area contributed by atoms with Gasteiger partial charge in [-0.2, -0.15) is 14.8 Å². The summed E-state index contributed by atoms with van der Waals surface area (Å²) in [5.74, 6) is -1.34. The first-order valence-corrected chi connectivity index (χ1v) is 13.7. The number of alkyl carbamates (subject to hydrolysis) is 1. The van der Waals surface area contributed by atoms with E-state index in [2.05, 4.69) is 15.4 Å². The number of esters is 1. The molecule has 3 aromatic rings. The average Bonchev–Trinajstić information content (AvgIpc) is 3.46. The normalized spacial score (nSPS) is 22.6. The lowest BCUT2D eigenvalue weighted by Crippen LogP contribution is -2.47. The summed E-state index contributed by atoms with van der Waals surface area (Å²) in [6.07, 6.45) is -4.71. The van der Waals surface area contributed by atoms with Crippen LogP contribution in [0.2, 0.25) is 0 Å². The van der Waals surface area contributed by atoms with Crippen molar-refractivity contribution in [3.05, 3.63) is 76.3 Å². The summed E-state index contributed by atoms with van der Waals surface area (Å²) < 4.78 is 17.3. The minimum atomic E-state index is -1.55. The van der Waals surface area contributed by atoms with E-state index in [9.17, 15) is 24.6 Å². The molecule has 1 saturated heterocycles. The molecule has 13 nitrogen and oxygen atoms in total. The molecule has 222 valence electrons. The lowest BCUT2D eigenvalue weighted by atomic mass is 9.98. The first-order valence-electron chi connectivity index (χ1n) is 13.7. The van der Waals surface area contributed by atoms with Crippen molar-refractivity contribution >= 4 is 17.9 Å². The Bertz CT molecular complexity index is 1470. The van der Waals surface area contributed by atoms with Crippen LogP contribution in [0.5, 0.6) is 0 Å². The number of carbonyl (C=O) groups is 2. The zero-order chi connectivity index (χ0) is 30.0. The summed E-state index contributed by atoms with van der Waals surface area (Å²) >= 11 is 0. The van der Waals surface area contributed by atoms with Crippen LogP contribution in [0.25, 0.3) is 11.1 Å². The van der Waals surface area contributed by atoms with Crippen molar-refractivity contribution in [2.24, 2.45) is 5.92 Å². The highest BCUT2D eigenvalue weighted by Crippen LogP contribution is 2.44. The summed E-state index contributed by atoms with van der Waals surface area (Å²) in [6, 6.07) is 14.9. The number of aliphatic hydroxyl groups is 2. The molecule has 1 fully saturated rings. The lowest BCUT2D eigenvalue weighted by Gasteiger charge is -2.24. The lowest BCUT2D eigenvalue weighted by molar-refractivity contribution is -0.154. The molecule has 5 rings (SSSR count). The Kier molecular flexibility index (Phi) is 8.52. The number of fused-ring (bicyclic) bond motifs is 3. The number of hydrogen-bond donors (Lipinski definition) is 4. The van der Waals surface area contributed by atoms with Crippen LogP contribution in [0.1, 0.15) is 43.5 Å². The molecule has 5 N–H and O–H groups in total. The molecule has 1 aliphatic heterocycles. The van der Waals surface area contributed by atoms with E-state index in [1.165, 1.54) is 0 Å². The summed E-state index contributed by atoms with van der Waals surface area (Å²) in [5.41, 5.74) is 8.89. The van der Waals surface area contributed by atoms with Crippen molar-refractivity contribution in [1.82, 2.24) is 20.1 Å². The van der Waals surface area contributed by atoms with Gasteiger partial charge in [0.1, 0.15) is 43.4 Å². The van der Waals surface area contributed by atoms with E-state index in [4.69, 9.17) is 19.9 Å². The largest absolute Gasteiger partial charge is 0.461 e. The van der Waals surface area contributed by atoms with Gasteiger partial charge in [0, 0.05) is 5.92 Å². The molecule has 2 heterocycles. The van der Waals surface area contributed by atoms with E-state index in [1.54, 1.807) is 6.92 Å². The van der Waals surface area contributed by atoms with Gasteiger partial charge in [0.15, 0.2) is 6.23 Å². The Balaban J connectivity index is 1.20. The molecule has 0 saturated carbocycles. The quantitative estimate of drug-likeness (QED) is 0.268. The second-order valence-electron chi connectivity index (χ2n) is 10.4. The molecule has 13 heteroatoms. The Labute approximate surface area is 241 Å². The van der Waals surface area contributed by atoms with Gasteiger partial charge in [-0.1, -0.05) is 68.8 Å². The molecule has 1 unspecified atom stereocenters. The molecule has 2 aliphatic rings. The summed E-state index contributed by atoms with van der Waals surface area (Å²) in [6.45, 7) is 3.27. The molecule has 0 spiro atoms. The second kappa shape index (κ2) is 12.3. The number of nitrogens with one attached hydrogen (secondary N) is 1. The highest BCUT2D eigenvalue weighted by Gasteiger charge is 2.46. The highest BCUT2D eigenvalue weighted by atomic mass is 16.6. The third-order valence-electron chi connectivity index (χ3n) is 7.79. The molecule has 2 aromatic carbocycles. The topological polar surface area (TPSA) is 188 Å². The monoisotopic (exact) mass is 579 g/mol. The summed E-state index contributed by atoms with van der Waals surface area (Å²) in [4.78, 5) is 41.6. The molecular formula is C29H33N5O8. The first kappa shape index (κ1) is 29.2. The molecule has 0 radical (unpaired) electrons. The van der Waals surface area contributed by atoms with Crippen LogP contribution in [-0.4, -0.2) is 74.6 Å². The van der Waals surface area contributed by atoms with Gasteiger partial charge < -0.3 is 35.5 Å². The molecule has 6 atom stereocenters. The van der Waals surface area contributed by atoms with Crippen LogP contribution < -0.4 is 16.7 Å². The maximum atomic E-state index is 13.1. The van der Waals surface area contributed by atoms with Crippen molar-refractivity contribution in [2.45, 2.75) is 56.8 Å². The number of nitrogens with zero attached hydrogens (tertiary/aromatic N) is 3. The maximum absolute atomic E-state index is 13.1. The molecule has 0 bridgehead atoms. The standard InChI is InChI=1S/C29H33N5O8/c1-3-15(2)23(27(37)40-14-21-24(35)25(36)26(42-21)34-28(38)32-22(30)12-31-34)33-29(39)41-13-20-18-10-6-4-8-16(18)17-9-5-7-11-19(17)20/h4-12,15,20-21,23-26,35-36H,3,13-14H2,1-2H3,(H,33,39)(H2,30,32,38)/t15-,21+,23-,24?,25-,26+/m0/s1. The first-order chi connectivity index (χ1) is 20.2. The van der Waals surface area contributed by atoms with Crippen molar-refractivity contribution < 1.29 is 34.0 Å². The average molecular weight is 580 g/mol. The van der Waals surface area contributed by atoms with Crippen LogP contribution in [0.15, 0.2) is 59.5 Å². The van der Waals surface area contributed by atoms with Crippen molar-refractivity contribution in [2.75, 3.05) is 18.9 Å². The molecule has 1 amide bonds. The van der Waals surface area contributed by atoms with E-state index in [0.717, 1.165) is 33.1 Å². The summed E-state index contributed by atoms with van der Waals surface area (Å²) in [5, 5.41) is 27.3. The Morgan fingerprint density at radius 1 is 1.05 bits per heavy atom. The van der Waals surface area contributed by atoms with E-state index in [-0.39, 0.29) is 24.3 Å². The van der Waals surface area contributed by atoms with Crippen LogP contribution >= 0.6 is 0 Å². The minimum absolute atomic E-state index is 0.0803. The van der Waals surface area contributed by atoms with Crippen molar-refractivity contribution in [3.8, 4) is 11.1 Å². The predicted octanol–water partition coefficient (Wildman–Crippen LogP) is 1.34. The Hall–Kier alpha value is -4.33. The van der Waals surface area contributed by atoms with Crippen molar-refractivity contribution in [3.63, 3.8) is 0 Å².